The fourth-order valence-electron chi connectivity index (χ4n) is 2.92. The van der Waals surface area contributed by atoms with Gasteiger partial charge < -0.3 is 14.8 Å². The third-order valence-electron chi connectivity index (χ3n) is 4.20. The van der Waals surface area contributed by atoms with Crippen LogP contribution in [0.2, 0.25) is 0 Å². The Balaban J connectivity index is 1.55. The first-order valence-corrected chi connectivity index (χ1v) is 8.89. The van der Waals surface area contributed by atoms with Crippen LogP contribution in [0.25, 0.3) is 0 Å². The summed E-state index contributed by atoms with van der Waals surface area (Å²) < 4.78 is 11.0. The third kappa shape index (κ3) is 3.70. The SMILES string of the molecule is COc1ccc2c(c1)C[C@@H](C(=O)NCCc1sc(C)nc1C)CO2. The van der Waals surface area contributed by atoms with Gasteiger partial charge in [-0.15, -0.1) is 11.3 Å². The smallest absolute Gasteiger partial charge is 0.226 e. The second kappa shape index (κ2) is 7.21. The molecule has 0 radical (unpaired) electrons. The van der Waals surface area contributed by atoms with Gasteiger partial charge in [-0.1, -0.05) is 0 Å². The van der Waals surface area contributed by atoms with E-state index in [-0.39, 0.29) is 11.8 Å². The standard InChI is InChI=1S/C18H22N2O3S/c1-11-17(24-12(2)20-11)6-7-19-18(21)14-8-13-9-15(22-3)4-5-16(13)23-10-14/h4-5,9,14H,6-8,10H2,1-3H3,(H,19,21)/t14-/m1/s1. The molecule has 6 heteroatoms. The maximum absolute atomic E-state index is 12.4. The number of methoxy groups -OCH3 is 1. The number of nitrogens with one attached hydrogen (secondary N) is 1. The molecule has 0 bridgehead atoms. The maximum Gasteiger partial charge on any atom is 0.226 e. The van der Waals surface area contributed by atoms with E-state index >= 15 is 0 Å². The number of carbonyl (C=O) groups excluding carboxylic acids is 1. The molecule has 1 aromatic heterocycles. The highest BCUT2D eigenvalue weighted by atomic mass is 32.1. The minimum absolute atomic E-state index is 0.0439. The molecule has 0 spiro atoms. The van der Waals surface area contributed by atoms with E-state index in [2.05, 4.69) is 10.3 Å². The van der Waals surface area contributed by atoms with Crippen molar-refractivity contribution in [3.8, 4) is 11.5 Å². The second-order valence-corrected chi connectivity index (χ2v) is 7.26. The quantitative estimate of drug-likeness (QED) is 0.904. The van der Waals surface area contributed by atoms with E-state index in [1.807, 2.05) is 32.0 Å². The molecule has 3 rings (SSSR count). The molecule has 1 amide bonds. The van der Waals surface area contributed by atoms with Gasteiger partial charge in [-0.3, -0.25) is 4.79 Å². The molecule has 5 nitrogen and oxygen atoms in total. The predicted octanol–water partition coefficient (Wildman–Crippen LogP) is 2.68. The number of carbonyl (C=O) groups is 1. The molecule has 0 aliphatic carbocycles. The molecule has 0 saturated carbocycles. The molecule has 1 aromatic carbocycles. The van der Waals surface area contributed by atoms with Crippen LogP contribution in [-0.4, -0.2) is 31.2 Å². The fraction of sp³-hybridized carbons (Fsp3) is 0.444. The summed E-state index contributed by atoms with van der Waals surface area (Å²) in [5, 5.41) is 4.09. The number of hydrogen-bond donors (Lipinski definition) is 1. The first-order chi connectivity index (χ1) is 11.6. The van der Waals surface area contributed by atoms with Gasteiger partial charge in [0.05, 0.1) is 23.7 Å². The van der Waals surface area contributed by atoms with E-state index in [4.69, 9.17) is 9.47 Å². The van der Waals surface area contributed by atoms with Crippen molar-refractivity contribution in [3.05, 3.63) is 39.3 Å². The zero-order valence-corrected chi connectivity index (χ0v) is 15.0. The van der Waals surface area contributed by atoms with Crippen molar-refractivity contribution in [1.29, 1.82) is 0 Å². The van der Waals surface area contributed by atoms with E-state index in [0.29, 0.717) is 19.6 Å². The number of fused-ring (bicyclic) bond motifs is 1. The lowest BCUT2D eigenvalue weighted by molar-refractivity contribution is -0.126. The normalized spacial score (nSPS) is 16.2. The van der Waals surface area contributed by atoms with E-state index in [1.165, 1.54) is 4.88 Å². The van der Waals surface area contributed by atoms with Crippen molar-refractivity contribution >= 4 is 17.2 Å². The second-order valence-electron chi connectivity index (χ2n) is 5.97. The van der Waals surface area contributed by atoms with Crippen molar-refractivity contribution in [2.45, 2.75) is 26.7 Å². The minimum atomic E-state index is -0.158. The van der Waals surface area contributed by atoms with Gasteiger partial charge in [0.15, 0.2) is 0 Å². The summed E-state index contributed by atoms with van der Waals surface area (Å²) in [5.74, 6) is 1.52. The highest BCUT2D eigenvalue weighted by Crippen LogP contribution is 2.30. The molecule has 2 heterocycles. The summed E-state index contributed by atoms with van der Waals surface area (Å²) in [6, 6.07) is 5.72. The molecule has 1 aliphatic rings. The van der Waals surface area contributed by atoms with Crippen molar-refractivity contribution in [2.24, 2.45) is 5.92 Å². The molecule has 128 valence electrons. The van der Waals surface area contributed by atoms with Crippen LogP contribution >= 0.6 is 11.3 Å². The minimum Gasteiger partial charge on any atom is -0.497 e. The van der Waals surface area contributed by atoms with Crippen LogP contribution in [0.4, 0.5) is 0 Å². The van der Waals surface area contributed by atoms with Crippen LogP contribution in [-0.2, 0) is 17.6 Å². The van der Waals surface area contributed by atoms with Gasteiger partial charge in [-0.25, -0.2) is 4.98 Å². The predicted molar refractivity (Wildman–Crippen MR) is 94.0 cm³/mol. The fourth-order valence-corrected chi connectivity index (χ4v) is 3.85. The number of nitrogens with zero attached hydrogens (tertiary/aromatic N) is 1. The molecule has 1 N–H and O–H groups in total. The molecule has 24 heavy (non-hydrogen) atoms. The number of aryl methyl sites for hydroxylation is 2. The molecule has 2 aromatic rings. The Hall–Kier alpha value is -2.08. The summed E-state index contributed by atoms with van der Waals surface area (Å²) in [4.78, 5) is 18.1. The van der Waals surface area contributed by atoms with E-state index in [1.54, 1.807) is 18.4 Å². The van der Waals surface area contributed by atoms with Crippen LogP contribution < -0.4 is 14.8 Å². The van der Waals surface area contributed by atoms with Crippen LogP contribution in [0.5, 0.6) is 11.5 Å². The van der Waals surface area contributed by atoms with Gasteiger partial charge in [-0.2, -0.15) is 0 Å². The average Bonchev–Trinajstić information content (AvgIpc) is 2.91. The zero-order valence-electron chi connectivity index (χ0n) is 14.2. The van der Waals surface area contributed by atoms with Crippen molar-refractivity contribution < 1.29 is 14.3 Å². The van der Waals surface area contributed by atoms with Gasteiger partial charge in [0.2, 0.25) is 5.91 Å². The number of hydrogen-bond acceptors (Lipinski definition) is 5. The lowest BCUT2D eigenvalue weighted by atomic mass is 9.96. The van der Waals surface area contributed by atoms with Gasteiger partial charge in [0.1, 0.15) is 18.1 Å². The van der Waals surface area contributed by atoms with Crippen molar-refractivity contribution in [2.75, 3.05) is 20.3 Å². The highest BCUT2D eigenvalue weighted by Gasteiger charge is 2.26. The summed E-state index contributed by atoms with van der Waals surface area (Å²) in [6.45, 7) is 5.07. The number of thiazole rings is 1. The highest BCUT2D eigenvalue weighted by molar-refractivity contribution is 7.11. The van der Waals surface area contributed by atoms with Gasteiger partial charge in [0.25, 0.3) is 0 Å². The topological polar surface area (TPSA) is 60.5 Å². The summed E-state index contributed by atoms with van der Waals surface area (Å²) in [6.07, 6.45) is 1.50. The largest absolute Gasteiger partial charge is 0.497 e. The Labute approximate surface area is 146 Å². The van der Waals surface area contributed by atoms with Gasteiger partial charge >= 0.3 is 0 Å². The molecule has 1 aliphatic heterocycles. The third-order valence-corrected chi connectivity index (χ3v) is 5.33. The Morgan fingerprint density at radius 2 is 2.29 bits per heavy atom. The summed E-state index contributed by atoms with van der Waals surface area (Å²) >= 11 is 1.70. The molecular weight excluding hydrogens is 324 g/mol. The van der Waals surface area contributed by atoms with Crippen molar-refractivity contribution in [3.63, 3.8) is 0 Å². The van der Waals surface area contributed by atoms with E-state index in [9.17, 15) is 4.79 Å². The summed E-state index contributed by atoms with van der Waals surface area (Å²) in [5.41, 5.74) is 2.09. The Morgan fingerprint density at radius 3 is 3.00 bits per heavy atom. The van der Waals surface area contributed by atoms with Crippen LogP contribution in [0.3, 0.4) is 0 Å². The van der Waals surface area contributed by atoms with Crippen LogP contribution in [0.1, 0.15) is 21.1 Å². The number of rotatable bonds is 5. The molecule has 0 unspecified atom stereocenters. The Kier molecular flexibility index (Phi) is 5.04. The van der Waals surface area contributed by atoms with Crippen LogP contribution in [0, 0.1) is 19.8 Å². The number of benzene rings is 1. The Morgan fingerprint density at radius 1 is 1.46 bits per heavy atom. The van der Waals surface area contributed by atoms with Crippen LogP contribution in [0.15, 0.2) is 18.2 Å². The summed E-state index contributed by atoms with van der Waals surface area (Å²) in [7, 11) is 1.64. The van der Waals surface area contributed by atoms with Gasteiger partial charge in [0, 0.05) is 17.8 Å². The molecule has 1 atom stereocenters. The molecule has 0 fully saturated rings. The average molecular weight is 346 g/mol. The zero-order chi connectivity index (χ0) is 17.1. The number of amides is 1. The molecular formula is C18H22N2O3S. The number of aromatic nitrogens is 1. The van der Waals surface area contributed by atoms with E-state index in [0.717, 1.165) is 34.2 Å². The number of ether oxygens (including phenoxy) is 2. The van der Waals surface area contributed by atoms with Gasteiger partial charge in [-0.05, 0) is 44.0 Å². The van der Waals surface area contributed by atoms with Crippen molar-refractivity contribution in [1.82, 2.24) is 10.3 Å². The monoisotopic (exact) mass is 346 g/mol. The lowest BCUT2D eigenvalue weighted by Crippen LogP contribution is -2.38. The first-order valence-electron chi connectivity index (χ1n) is 8.07. The molecule has 0 saturated heterocycles. The van der Waals surface area contributed by atoms with E-state index < -0.39 is 0 Å². The first kappa shape index (κ1) is 16.8. The maximum atomic E-state index is 12.4. The lowest BCUT2D eigenvalue weighted by Gasteiger charge is -2.25. The Bertz CT molecular complexity index is 742.